The molecule has 5 nitrogen and oxygen atoms in total. The van der Waals surface area contributed by atoms with E-state index in [-0.39, 0.29) is 18.6 Å². The minimum atomic E-state index is -0.385. The topological polar surface area (TPSA) is 74.2 Å². The molecule has 1 aliphatic rings. The van der Waals surface area contributed by atoms with Gasteiger partial charge in [0.25, 0.3) is 5.91 Å². The molecule has 1 aromatic carbocycles. The highest BCUT2D eigenvalue weighted by molar-refractivity contribution is 5.95. The first-order chi connectivity index (χ1) is 7.74. The molecule has 0 aliphatic carbocycles. The predicted molar refractivity (Wildman–Crippen MR) is 58.0 cm³/mol. The van der Waals surface area contributed by atoms with Gasteiger partial charge >= 0.3 is 0 Å². The molecule has 1 amide bonds. The third kappa shape index (κ3) is 1.83. The lowest BCUT2D eigenvalue weighted by molar-refractivity contribution is -0.118. The molecule has 0 radical (unpaired) electrons. The van der Waals surface area contributed by atoms with Crippen LogP contribution in [0.3, 0.4) is 0 Å². The third-order valence-corrected chi connectivity index (χ3v) is 2.39. The summed E-state index contributed by atoms with van der Waals surface area (Å²) < 4.78 is 5.22. The van der Waals surface area contributed by atoms with Gasteiger partial charge in [0, 0.05) is 0 Å². The molecule has 2 rings (SSSR count). The van der Waals surface area contributed by atoms with Crippen LogP contribution < -0.4 is 15.4 Å². The number of anilines is 1. The highest BCUT2D eigenvalue weighted by Crippen LogP contribution is 2.30. The average Bonchev–Trinajstić information content (AvgIpc) is 2.30. The van der Waals surface area contributed by atoms with Crippen molar-refractivity contribution in [2.24, 2.45) is 0 Å². The smallest absolute Gasteiger partial charge is 0.262 e. The number of ether oxygens (including phenoxy) is 1. The number of nitriles is 1. The van der Waals surface area contributed by atoms with E-state index in [4.69, 9.17) is 10.00 Å². The maximum atomic E-state index is 11.1. The molecular weight excluding hydrogens is 206 g/mol. The van der Waals surface area contributed by atoms with E-state index in [1.807, 2.05) is 0 Å². The van der Waals surface area contributed by atoms with Crippen molar-refractivity contribution in [3.8, 4) is 11.8 Å². The molecule has 1 aromatic rings. The molecule has 0 bridgehead atoms. The van der Waals surface area contributed by atoms with Gasteiger partial charge in [-0.25, -0.2) is 0 Å². The van der Waals surface area contributed by atoms with E-state index in [2.05, 4.69) is 16.7 Å². The largest absolute Gasteiger partial charge is 0.482 e. The van der Waals surface area contributed by atoms with Crippen molar-refractivity contribution >= 4 is 11.6 Å². The Morgan fingerprint density at radius 2 is 2.44 bits per heavy atom. The molecule has 1 atom stereocenters. The highest BCUT2D eigenvalue weighted by atomic mass is 16.5. The highest BCUT2D eigenvalue weighted by Gasteiger charge is 2.17. The zero-order valence-corrected chi connectivity index (χ0v) is 8.78. The van der Waals surface area contributed by atoms with Crippen LogP contribution >= 0.6 is 0 Å². The first kappa shape index (κ1) is 10.5. The van der Waals surface area contributed by atoms with Gasteiger partial charge in [-0.15, -0.1) is 0 Å². The molecule has 0 fully saturated rings. The van der Waals surface area contributed by atoms with Crippen molar-refractivity contribution in [1.82, 2.24) is 5.32 Å². The van der Waals surface area contributed by atoms with Gasteiger partial charge in [0.05, 0.1) is 11.8 Å². The van der Waals surface area contributed by atoms with Crippen LogP contribution in [0.2, 0.25) is 0 Å². The predicted octanol–water partition coefficient (Wildman–Crippen LogP) is 0.802. The van der Waals surface area contributed by atoms with Crippen LogP contribution in [0, 0.1) is 11.3 Å². The fraction of sp³-hybridized carbons (Fsp3) is 0.273. The van der Waals surface area contributed by atoms with Crippen LogP contribution in [0.15, 0.2) is 18.2 Å². The molecule has 5 heteroatoms. The summed E-state index contributed by atoms with van der Waals surface area (Å²) in [5.74, 6) is 0.457. The molecule has 0 aromatic heterocycles. The molecule has 0 saturated carbocycles. The normalized spacial score (nSPS) is 15.4. The maximum absolute atomic E-state index is 11.1. The molecule has 0 saturated heterocycles. The van der Waals surface area contributed by atoms with Gasteiger partial charge in [-0.05, 0) is 24.7 Å². The molecule has 1 aliphatic heterocycles. The number of nitrogens with one attached hydrogen (secondary N) is 2. The van der Waals surface area contributed by atoms with Gasteiger partial charge in [0.1, 0.15) is 11.8 Å². The Hall–Kier alpha value is -2.06. The number of benzene rings is 1. The average molecular weight is 217 g/mol. The molecule has 1 unspecified atom stereocenters. The van der Waals surface area contributed by atoms with Crippen molar-refractivity contribution in [1.29, 1.82) is 5.26 Å². The fourth-order valence-corrected chi connectivity index (χ4v) is 1.59. The van der Waals surface area contributed by atoms with Crippen molar-refractivity contribution in [2.45, 2.75) is 6.04 Å². The number of carbonyl (C=O) groups excluding carboxylic acids is 1. The SMILES string of the molecule is CNC(C#N)c1ccc2c(c1)NC(=O)CO2. The van der Waals surface area contributed by atoms with E-state index in [0.717, 1.165) is 5.56 Å². The monoisotopic (exact) mass is 217 g/mol. The second-order valence-electron chi connectivity index (χ2n) is 3.44. The summed E-state index contributed by atoms with van der Waals surface area (Å²) >= 11 is 0. The first-order valence-electron chi connectivity index (χ1n) is 4.88. The first-order valence-corrected chi connectivity index (χ1v) is 4.88. The summed E-state index contributed by atoms with van der Waals surface area (Å²) in [5, 5.41) is 14.5. The second kappa shape index (κ2) is 4.21. The molecule has 82 valence electrons. The lowest BCUT2D eigenvalue weighted by Gasteiger charge is -2.19. The van der Waals surface area contributed by atoms with E-state index in [1.54, 1.807) is 25.2 Å². The number of hydrogen-bond acceptors (Lipinski definition) is 4. The van der Waals surface area contributed by atoms with Crippen molar-refractivity contribution in [2.75, 3.05) is 19.0 Å². The number of carbonyl (C=O) groups is 1. The van der Waals surface area contributed by atoms with Crippen LogP contribution in [0.1, 0.15) is 11.6 Å². The van der Waals surface area contributed by atoms with Crippen LogP contribution in [0.4, 0.5) is 5.69 Å². The molecular formula is C11H11N3O2. The lowest BCUT2D eigenvalue weighted by Crippen LogP contribution is -2.25. The zero-order valence-electron chi connectivity index (χ0n) is 8.78. The number of hydrogen-bond donors (Lipinski definition) is 2. The standard InChI is InChI=1S/C11H11N3O2/c1-13-9(5-12)7-2-3-10-8(4-7)14-11(15)6-16-10/h2-4,9,13H,6H2,1H3,(H,14,15). The number of rotatable bonds is 2. The lowest BCUT2D eigenvalue weighted by atomic mass is 10.1. The minimum absolute atomic E-state index is 0.0417. The second-order valence-corrected chi connectivity index (χ2v) is 3.44. The third-order valence-electron chi connectivity index (χ3n) is 2.39. The molecule has 0 spiro atoms. The minimum Gasteiger partial charge on any atom is -0.482 e. The van der Waals surface area contributed by atoms with E-state index in [1.165, 1.54) is 0 Å². The molecule has 2 N–H and O–H groups in total. The van der Waals surface area contributed by atoms with Gasteiger partial charge in [-0.1, -0.05) is 6.07 Å². The van der Waals surface area contributed by atoms with Crippen LogP contribution in [-0.2, 0) is 4.79 Å². The maximum Gasteiger partial charge on any atom is 0.262 e. The van der Waals surface area contributed by atoms with Gasteiger partial charge in [0.15, 0.2) is 6.61 Å². The summed E-state index contributed by atoms with van der Waals surface area (Å²) in [5.41, 5.74) is 1.42. The number of fused-ring (bicyclic) bond motifs is 1. The van der Waals surface area contributed by atoms with E-state index in [0.29, 0.717) is 11.4 Å². The Balaban J connectivity index is 2.35. The Morgan fingerprint density at radius 1 is 1.62 bits per heavy atom. The summed E-state index contributed by atoms with van der Waals surface area (Å²) in [7, 11) is 1.71. The van der Waals surface area contributed by atoms with Crippen molar-refractivity contribution < 1.29 is 9.53 Å². The number of nitrogens with zero attached hydrogens (tertiary/aromatic N) is 1. The quantitative estimate of drug-likeness (QED) is 0.768. The van der Waals surface area contributed by atoms with Crippen molar-refractivity contribution in [3.05, 3.63) is 23.8 Å². The Labute approximate surface area is 93.0 Å². The molecule has 16 heavy (non-hydrogen) atoms. The van der Waals surface area contributed by atoms with Crippen LogP contribution in [0.25, 0.3) is 0 Å². The zero-order chi connectivity index (χ0) is 11.5. The van der Waals surface area contributed by atoms with E-state index in [9.17, 15) is 4.79 Å². The van der Waals surface area contributed by atoms with Crippen molar-refractivity contribution in [3.63, 3.8) is 0 Å². The summed E-state index contributed by atoms with van der Waals surface area (Å²) in [6, 6.07) is 7.05. The fourth-order valence-electron chi connectivity index (χ4n) is 1.59. The Bertz CT molecular complexity index is 465. The molecule has 1 heterocycles. The van der Waals surface area contributed by atoms with Gasteiger partial charge in [-0.3, -0.25) is 4.79 Å². The van der Waals surface area contributed by atoms with Gasteiger partial charge in [-0.2, -0.15) is 5.26 Å². The van der Waals surface area contributed by atoms with E-state index >= 15 is 0 Å². The Morgan fingerprint density at radius 3 is 3.12 bits per heavy atom. The number of amides is 1. The van der Waals surface area contributed by atoms with Crippen LogP contribution in [-0.4, -0.2) is 19.6 Å². The summed E-state index contributed by atoms with van der Waals surface area (Å²) in [4.78, 5) is 11.1. The summed E-state index contributed by atoms with van der Waals surface area (Å²) in [6.07, 6.45) is 0. The van der Waals surface area contributed by atoms with Crippen LogP contribution in [0.5, 0.6) is 5.75 Å². The van der Waals surface area contributed by atoms with Gasteiger partial charge < -0.3 is 15.4 Å². The van der Waals surface area contributed by atoms with Gasteiger partial charge in [0.2, 0.25) is 0 Å². The Kier molecular flexibility index (Phi) is 2.75. The van der Waals surface area contributed by atoms with E-state index < -0.39 is 0 Å². The summed E-state index contributed by atoms with van der Waals surface area (Å²) in [6.45, 7) is 0.0417.